The summed E-state index contributed by atoms with van der Waals surface area (Å²) in [6.07, 6.45) is 6.44. The smallest absolute Gasteiger partial charge is 0.229 e. The molecule has 0 bridgehead atoms. The van der Waals surface area contributed by atoms with Crippen molar-refractivity contribution in [2.45, 2.75) is 37.5 Å². The van der Waals surface area contributed by atoms with Crippen molar-refractivity contribution in [1.82, 2.24) is 9.97 Å². The van der Waals surface area contributed by atoms with Crippen LogP contribution < -0.4 is 16.2 Å². The highest BCUT2D eigenvalue weighted by Crippen LogP contribution is 2.25. The average Bonchev–Trinajstić information content (AvgIpc) is 2.65. The zero-order valence-electron chi connectivity index (χ0n) is 15.6. The molecule has 1 saturated carbocycles. The van der Waals surface area contributed by atoms with Crippen LogP contribution in [-0.4, -0.2) is 32.8 Å². The third-order valence-electron chi connectivity index (χ3n) is 4.78. The molecule has 8 heteroatoms. The molecule has 0 aliphatic heterocycles. The molecular weight excluding hydrogens is 362 g/mol. The number of nitrogens with two attached hydrogens (primary N) is 1. The van der Waals surface area contributed by atoms with Gasteiger partial charge in [-0.1, -0.05) is 0 Å². The van der Waals surface area contributed by atoms with Gasteiger partial charge >= 0.3 is 0 Å². The van der Waals surface area contributed by atoms with Crippen LogP contribution in [0.3, 0.4) is 0 Å². The third-order valence-corrected chi connectivity index (χ3v) is 5.71. The Morgan fingerprint density at radius 2 is 1.93 bits per heavy atom. The molecule has 1 atom stereocenters. The van der Waals surface area contributed by atoms with E-state index >= 15 is 0 Å². The molecule has 1 fully saturated rings. The number of carbonyl (C=O) groups excluding carboxylic acids is 1. The Morgan fingerprint density at radius 1 is 1.26 bits per heavy atom. The molecule has 1 heterocycles. The van der Waals surface area contributed by atoms with Crippen molar-refractivity contribution in [3.8, 4) is 0 Å². The molecule has 1 aromatic heterocycles. The lowest BCUT2D eigenvalue weighted by Gasteiger charge is -2.27. The fourth-order valence-corrected chi connectivity index (χ4v) is 3.71. The van der Waals surface area contributed by atoms with Gasteiger partial charge in [0.05, 0.1) is 0 Å². The number of hydrazine groups is 1. The van der Waals surface area contributed by atoms with Gasteiger partial charge in [-0.3, -0.25) is 14.0 Å². The molecule has 2 aromatic rings. The first kappa shape index (κ1) is 19.4. The molecule has 1 aliphatic carbocycles. The lowest BCUT2D eigenvalue weighted by molar-refractivity contribution is -0.120. The van der Waals surface area contributed by atoms with E-state index in [0.717, 1.165) is 29.0 Å². The number of nitrogens with one attached hydrogen (secondary N) is 1. The van der Waals surface area contributed by atoms with Crippen molar-refractivity contribution >= 4 is 34.0 Å². The first-order valence-electron chi connectivity index (χ1n) is 9.00. The molecule has 0 radical (unpaired) electrons. The number of Topliss-reactive ketones (excluding diaryl/α,β-unsaturated/α-hetero) is 1. The first-order chi connectivity index (χ1) is 12.9. The van der Waals surface area contributed by atoms with Crippen LogP contribution in [0.4, 0.5) is 17.5 Å². The third kappa shape index (κ3) is 5.11. The van der Waals surface area contributed by atoms with Crippen molar-refractivity contribution < 1.29 is 9.00 Å². The summed E-state index contributed by atoms with van der Waals surface area (Å²) in [7, 11) is -1.01. The second-order valence-electron chi connectivity index (χ2n) is 6.94. The van der Waals surface area contributed by atoms with E-state index in [-0.39, 0.29) is 0 Å². The predicted octanol–water partition coefficient (Wildman–Crippen LogP) is 2.71. The molecule has 144 valence electrons. The normalized spacial score (nSPS) is 16.2. The Morgan fingerprint density at radius 3 is 2.56 bits per heavy atom. The van der Waals surface area contributed by atoms with Crippen LogP contribution in [0.2, 0.25) is 0 Å². The van der Waals surface area contributed by atoms with Crippen LogP contribution in [-0.2, 0) is 15.6 Å². The Kier molecular flexibility index (Phi) is 6.18. The quantitative estimate of drug-likeness (QED) is 0.580. The summed E-state index contributed by atoms with van der Waals surface area (Å²) in [4.78, 5) is 21.1. The van der Waals surface area contributed by atoms with Gasteiger partial charge in [0.1, 0.15) is 5.78 Å². The number of carbonyl (C=O) groups is 1. The lowest BCUT2D eigenvalue weighted by atomic mass is 9.88. The maximum absolute atomic E-state index is 11.5. The molecule has 0 amide bonds. The van der Waals surface area contributed by atoms with Crippen LogP contribution in [0, 0.1) is 12.8 Å². The zero-order chi connectivity index (χ0) is 19.4. The zero-order valence-corrected chi connectivity index (χ0v) is 16.5. The second-order valence-corrected chi connectivity index (χ2v) is 8.32. The molecule has 0 saturated heterocycles. The van der Waals surface area contributed by atoms with Gasteiger partial charge < -0.3 is 5.32 Å². The monoisotopic (exact) mass is 387 g/mol. The van der Waals surface area contributed by atoms with Crippen molar-refractivity contribution in [2.75, 3.05) is 23.1 Å². The van der Waals surface area contributed by atoms with Crippen LogP contribution in [0.25, 0.3) is 0 Å². The number of ketones is 1. The number of hydrogen-bond donors (Lipinski definition) is 2. The molecule has 1 unspecified atom stereocenters. The van der Waals surface area contributed by atoms with Crippen molar-refractivity contribution in [1.29, 1.82) is 0 Å². The SMILES string of the molecule is Cc1cnc(Nc2ccc(S(C)=O)cc2)nc1N(N)CC1CCC(=O)CC1. The number of anilines is 3. The number of benzene rings is 1. The minimum Gasteiger partial charge on any atom is -0.324 e. The highest BCUT2D eigenvalue weighted by molar-refractivity contribution is 7.84. The second kappa shape index (κ2) is 8.58. The highest BCUT2D eigenvalue weighted by Gasteiger charge is 2.21. The van der Waals surface area contributed by atoms with E-state index in [1.807, 2.05) is 31.2 Å². The van der Waals surface area contributed by atoms with Gasteiger partial charge in [-0.2, -0.15) is 4.98 Å². The largest absolute Gasteiger partial charge is 0.324 e. The van der Waals surface area contributed by atoms with Gasteiger partial charge in [0, 0.05) is 58.8 Å². The summed E-state index contributed by atoms with van der Waals surface area (Å²) in [6, 6.07) is 7.32. The van der Waals surface area contributed by atoms with Gasteiger partial charge in [-0.25, -0.2) is 10.8 Å². The minimum atomic E-state index is -1.01. The van der Waals surface area contributed by atoms with Gasteiger partial charge in [0.2, 0.25) is 5.95 Å². The summed E-state index contributed by atoms with van der Waals surface area (Å²) in [5.41, 5.74) is 1.71. The van der Waals surface area contributed by atoms with E-state index in [2.05, 4.69) is 15.3 Å². The summed E-state index contributed by atoms with van der Waals surface area (Å²) in [5, 5.41) is 4.81. The van der Waals surface area contributed by atoms with E-state index in [4.69, 9.17) is 5.84 Å². The first-order valence-corrected chi connectivity index (χ1v) is 10.6. The standard InChI is InChI=1S/C19H25N5O2S/c1-13-11-21-19(22-15-5-9-17(10-6-15)27(2)26)23-18(13)24(20)12-14-3-7-16(25)8-4-14/h5-6,9-11,14H,3-4,7-8,12,20H2,1-2H3,(H,21,22,23). The summed E-state index contributed by atoms with van der Waals surface area (Å²) >= 11 is 0. The van der Waals surface area contributed by atoms with Crippen LogP contribution in [0.1, 0.15) is 31.2 Å². The van der Waals surface area contributed by atoms with Gasteiger partial charge in [-0.05, 0) is 49.9 Å². The predicted molar refractivity (Wildman–Crippen MR) is 107 cm³/mol. The fourth-order valence-electron chi connectivity index (χ4n) is 3.19. The number of aromatic nitrogens is 2. The molecule has 0 spiro atoms. The average molecular weight is 388 g/mol. The molecule has 27 heavy (non-hydrogen) atoms. The highest BCUT2D eigenvalue weighted by atomic mass is 32.2. The van der Waals surface area contributed by atoms with E-state index in [1.165, 1.54) is 0 Å². The Bertz CT molecular complexity index is 830. The van der Waals surface area contributed by atoms with Crippen molar-refractivity contribution in [3.05, 3.63) is 36.0 Å². The molecular formula is C19H25N5O2S. The van der Waals surface area contributed by atoms with Gasteiger partial charge in [0.15, 0.2) is 5.82 Å². The molecule has 3 N–H and O–H groups in total. The van der Waals surface area contributed by atoms with E-state index in [9.17, 15) is 9.00 Å². The summed E-state index contributed by atoms with van der Waals surface area (Å²) in [5.74, 6) is 8.15. The van der Waals surface area contributed by atoms with E-state index < -0.39 is 10.8 Å². The summed E-state index contributed by atoms with van der Waals surface area (Å²) < 4.78 is 11.5. The van der Waals surface area contributed by atoms with Crippen LogP contribution in [0.15, 0.2) is 35.4 Å². The molecule has 1 aliphatic rings. The number of nitrogens with zero attached hydrogens (tertiary/aromatic N) is 3. The van der Waals surface area contributed by atoms with Crippen molar-refractivity contribution in [3.63, 3.8) is 0 Å². The Hall–Kier alpha value is -2.32. The van der Waals surface area contributed by atoms with Crippen molar-refractivity contribution in [2.24, 2.45) is 11.8 Å². The summed E-state index contributed by atoms with van der Waals surface area (Å²) in [6.45, 7) is 2.59. The van der Waals surface area contributed by atoms with Gasteiger partial charge in [0.25, 0.3) is 0 Å². The Labute approximate surface area is 161 Å². The molecule has 1 aromatic carbocycles. The van der Waals surface area contributed by atoms with Crippen LogP contribution >= 0.6 is 0 Å². The molecule has 3 rings (SSSR count). The number of hydrogen-bond acceptors (Lipinski definition) is 7. The van der Waals surface area contributed by atoms with Crippen LogP contribution in [0.5, 0.6) is 0 Å². The molecule has 7 nitrogen and oxygen atoms in total. The number of rotatable bonds is 6. The Balaban J connectivity index is 1.69. The van der Waals surface area contributed by atoms with Gasteiger partial charge in [-0.15, -0.1) is 0 Å². The fraction of sp³-hybridized carbons (Fsp3) is 0.421. The minimum absolute atomic E-state index is 0.345. The maximum atomic E-state index is 11.5. The lowest BCUT2D eigenvalue weighted by Crippen LogP contribution is -2.38. The number of aryl methyl sites for hydroxylation is 1. The van der Waals surface area contributed by atoms with E-state index in [0.29, 0.717) is 42.9 Å². The topological polar surface area (TPSA) is 101 Å². The van der Waals surface area contributed by atoms with E-state index in [1.54, 1.807) is 17.5 Å². The maximum Gasteiger partial charge on any atom is 0.229 e.